The summed E-state index contributed by atoms with van der Waals surface area (Å²) >= 11 is 0. The highest BCUT2D eigenvalue weighted by atomic mass is 14.7. The van der Waals surface area contributed by atoms with Crippen molar-refractivity contribution in [3.63, 3.8) is 0 Å². The van der Waals surface area contributed by atoms with Gasteiger partial charge in [-0.05, 0) is 49.4 Å². The fourth-order valence-electron chi connectivity index (χ4n) is 2.54. The largest absolute Gasteiger partial charge is 0.326 e. The van der Waals surface area contributed by atoms with Crippen molar-refractivity contribution in [2.75, 3.05) is 0 Å². The molecule has 17 heavy (non-hydrogen) atoms. The molecule has 104 valence electrons. The van der Waals surface area contributed by atoms with Crippen molar-refractivity contribution in [3.8, 4) is 0 Å². The normalized spacial score (nSPS) is 15.2. The molecular formula is C16H35N. The van der Waals surface area contributed by atoms with Gasteiger partial charge in [0.1, 0.15) is 0 Å². The lowest BCUT2D eigenvalue weighted by atomic mass is 9.59. The van der Waals surface area contributed by atoms with Gasteiger partial charge < -0.3 is 5.73 Å². The van der Waals surface area contributed by atoms with Crippen LogP contribution in [-0.2, 0) is 0 Å². The fraction of sp³-hybridized carbons (Fsp3) is 1.00. The molecule has 0 radical (unpaired) electrons. The summed E-state index contributed by atoms with van der Waals surface area (Å²) < 4.78 is 0. The molecule has 0 aliphatic rings. The second kappa shape index (κ2) is 4.91. The molecule has 0 rings (SSSR count). The topological polar surface area (TPSA) is 26.0 Å². The minimum atomic E-state index is -0.0465. The second-order valence-electron chi connectivity index (χ2n) is 8.99. The summed E-state index contributed by atoms with van der Waals surface area (Å²) in [6.45, 7) is 20.8. The Hall–Kier alpha value is -0.0400. The maximum absolute atomic E-state index is 6.11. The lowest BCUT2D eigenvalue weighted by Gasteiger charge is -2.46. The first-order valence-corrected chi connectivity index (χ1v) is 6.95. The lowest BCUT2D eigenvalue weighted by Crippen LogP contribution is -2.39. The Labute approximate surface area is 110 Å². The smallest absolute Gasteiger partial charge is 0.00972 e. The Balaban J connectivity index is 4.67. The first kappa shape index (κ1) is 17.0. The molecule has 0 saturated carbocycles. The highest BCUT2D eigenvalue weighted by Crippen LogP contribution is 2.49. The van der Waals surface area contributed by atoms with Gasteiger partial charge in [-0.1, -0.05) is 48.5 Å². The van der Waals surface area contributed by atoms with Crippen molar-refractivity contribution in [3.05, 3.63) is 0 Å². The first-order valence-electron chi connectivity index (χ1n) is 6.95. The molecule has 0 saturated heterocycles. The molecule has 0 amide bonds. The molecule has 0 bridgehead atoms. The van der Waals surface area contributed by atoms with Crippen LogP contribution in [0.15, 0.2) is 0 Å². The van der Waals surface area contributed by atoms with Gasteiger partial charge in [0.15, 0.2) is 0 Å². The van der Waals surface area contributed by atoms with Crippen molar-refractivity contribution >= 4 is 0 Å². The minimum absolute atomic E-state index is 0.0465. The van der Waals surface area contributed by atoms with Gasteiger partial charge in [-0.15, -0.1) is 0 Å². The first-order chi connectivity index (χ1) is 7.16. The number of hydrogen-bond acceptors (Lipinski definition) is 1. The predicted octanol–water partition coefficient (Wildman–Crippen LogP) is 4.99. The maximum atomic E-state index is 6.11. The zero-order valence-electron chi connectivity index (χ0n) is 13.7. The molecule has 0 fully saturated rings. The van der Waals surface area contributed by atoms with Crippen LogP contribution in [0.25, 0.3) is 0 Å². The van der Waals surface area contributed by atoms with Gasteiger partial charge >= 0.3 is 0 Å². The van der Waals surface area contributed by atoms with E-state index in [2.05, 4.69) is 62.3 Å². The Bertz CT molecular complexity index is 235. The van der Waals surface area contributed by atoms with Gasteiger partial charge in [0, 0.05) is 5.54 Å². The number of nitrogens with two attached hydrogens (primary N) is 1. The fourth-order valence-corrected chi connectivity index (χ4v) is 2.54. The quantitative estimate of drug-likeness (QED) is 0.721. The van der Waals surface area contributed by atoms with Crippen LogP contribution < -0.4 is 5.73 Å². The molecule has 0 aromatic heterocycles. The SMILES string of the molecule is CC(C)(C)CC(C)(C)C(C)(C)CCC(C)(C)N. The molecule has 0 unspecified atom stereocenters. The molecule has 0 spiro atoms. The molecule has 2 N–H and O–H groups in total. The molecule has 0 aliphatic heterocycles. The average molecular weight is 241 g/mol. The Morgan fingerprint density at radius 2 is 1.06 bits per heavy atom. The van der Waals surface area contributed by atoms with Crippen LogP contribution in [0, 0.1) is 16.2 Å². The van der Waals surface area contributed by atoms with Gasteiger partial charge in [-0.3, -0.25) is 0 Å². The van der Waals surface area contributed by atoms with Gasteiger partial charge in [-0.2, -0.15) is 0 Å². The third kappa shape index (κ3) is 6.45. The molecule has 0 aliphatic carbocycles. The monoisotopic (exact) mass is 241 g/mol. The van der Waals surface area contributed by atoms with Crippen LogP contribution in [0.3, 0.4) is 0 Å². The summed E-state index contributed by atoms with van der Waals surface area (Å²) in [6.07, 6.45) is 3.53. The molecule has 0 aromatic rings. The third-order valence-electron chi connectivity index (χ3n) is 4.20. The summed E-state index contributed by atoms with van der Waals surface area (Å²) in [5, 5.41) is 0. The Morgan fingerprint density at radius 1 is 0.647 bits per heavy atom. The summed E-state index contributed by atoms with van der Waals surface area (Å²) in [5.41, 5.74) is 7.13. The van der Waals surface area contributed by atoms with E-state index in [0.717, 1.165) is 6.42 Å². The van der Waals surface area contributed by atoms with E-state index in [4.69, 9.17) is 5.73 Å². The third-order valence-corrected chi connectivity index (χ3v) is 4.20. The van der Waals surface area contributed by atoms with E-state index < -0.39 is 0 Å². The van der Waals surface area contributed by atoms with Gasteiger partial charge in [0.05, 0.1) is 0 Å². The van der Waals surface area contributed by atoms with Gasteiger partial charge in [-0.25, -0.2) is 0 Å². The van der Waals surface area contributed by atoms with E-state index >= 15 is 0 Å². The maximum Gasteiger partial charge on any atom is 0.00972 e. The van der Waals surface area contributed by atoms with Crippen LogP contribution in [0.1, 0.15) is 81.6 Å². The zero-order valence-corrected chi connectivity index (χ0v) is 13.7. The van der Waals surface area contributed by atoms with Crippen molar-refractivity contribution < 1.29 is 0 Å². The number of rotatable bonds is 5. The Kier molecular flexibility index (Phi) is 4.90. The van der Waals surface area contributed by atoms with Gasteiger partial charge in [0.25, 0.3) is 0 Å². The van der Waals surface area contributed by atoms with E-state index in [-0.39, 0.29) is 5.54 Å². The summed E-state index contributed by atoms with van der Waals surface area (Å²) in [5.74, 6) is 0. The van der Waals surface area contributed by atoms with Crippen LogP contribution in [-0.4, -0.2) is 5.54 Å². The summed E-state index contributed by atoms with van der Waals surface area (Å²) in [6, 6.07) is 0. The molecule has 1 nitrogen and oxygen atoms in total. The second-order valence-corrected chi connectivity index (χ2v) is 8.99. The van der Waals surface area contributed by atoms with Crippen molar-refractivity contribution in [1.29, 1.82) is 0 Å². The van der Waals surface area contributed by atoms with E-state index in [0.29, 0.717) is 16.2 Å². The molecule has 1 heteroatoms. The van der Waals surface area contributed by atoms with E-state index in [1.54, 1.807) is 0 Å². The zero-order chi connectivity index (χ0) is 14.1. The molecule has 0 heterocycles. The number of hydrogen-bond donors (Lipinski definition) is 1. The van der Waals surface area contributed by atoms with Gasteiger partial charge in [0.2, 0.25) is 0 Å². The Morgan fingerprint density at radius 3 is 1.35 bits per heavy atom. The van der Waals surface area contributed by atoms with E-state index in [1.807, 2.05) is 0 Å². The van der Waals surface area contributed by atoms with Crippen molar-refractivity contribution in [1.82, 2.24) is 0 Å². The van der Waals surface area contributed by atoms with Crippen LogP contribution in [0.2, 0.25) is 0 Å². The molecule has 0 atom stereocenters. The predicted molar refractivity (Wildman–Crippen MR) is 79.1 cm³/mol. The van der Waals surface area contributed by atoms with Crippen LogP contribution in [0.5, 0.6) is 0 Å². The van der Waals surface area contributed by atoms with Crippen molar-refractivity contribution in [2.24, 2.45) is 22.0 Å². The summed E-state index contributed by atoms with van der Waals surface area (Å²) in [4.78, 5) is 0. The molecule has 0 aromatic carbocycles. The standard InChI is InChI=1S/C16H35N/c1-13(2,3)12-15(6,7)14(4,5)10-11-16(8,9)17/h10-12,17H2,1-9H3. The van der Waals surface area contributed by atoms with E-state index in [9.17, 15) is 0 Å². The lowest BCUT2D eigenvalue weighted by molar-refractivity contribution is 0.0446. The molecular weight excluding hydrogens is 206 g/mol. The minimum Gasteiger partial charge on any atom is -0.326 e. The average Bonchev–Trinajstić information content (AvgIpc) is 1.94. The summed E-state index contributed by atoms with van der Waals surface area (Å²) in [7, 11) is 0. The highest BCUT2D eigenvalue weighted by Gasteiger charge is 2.39. The van der Waals surface area contributed by atoms with Crippen molar-refractivity contribution in [2.45, 2.75) is 87.1 Å². The van der Waals surface area contributed by atoms with Crippen LogP contribution in [0.4, 0.5) is 0 Å². The van der Waals surface area contributed by atoms with Crippen LogP contribution >= 0.6 is 0 Å². The van der Waals surface area contributed by atoms with E-state index in [1.165, 1.54) is 12.8 Å². The highest BCUT2D eigenvalue weighted by molar-refractivity contribution is 4.90.